The zero-order chi connectivity index (χ0) is 11.7. The number of aryl methyl sites for hydroxylation is 1. The van der Waals surface area contributed by atoms with Crippen LogP contribution in [0.4, 0.5) is 5.95 Å². The fourth-order valence-electron chi connectivity index (χ4n) is 1.50. The number of aromatic amines is 2. The number of nitrogens with one attached hydrogen (secondary N) is 2. The molecule has 0 radical (unpaired) electrons. The number of nitrogen functional groups attached to an aromatic ring is 1. The van der Waals surface area contributed by atoms with Crippen LogP contribution in [0.25, 0.3) is 11.2 Å². The second-order valence-corrected chi connectivity index (χ2v) is 4.57. The molecule has 0 unspecified atom stereocenters. The minimum Gasteiger partial charge on any atom is -0.369 e. The Morgan fingerprint density at radius 1 is 1.50 bits per heavy atom. The van der Waals surface area contributed by atoms with Gasteiger partial charge in [0.05, 0.1) is 7.05 Å². The van der Waals surface area contributed by atoms with E-state index < -0.39 is 0 Å². The van der Waals surface area contributed by atoms with Crippen LogP contribution in [0.3, 0.4) is 0 Å². The van der Waals surface area contributed by atoms with Crippen LogP contribution in [-0.2, 0) is 7.05 Å². The summed E-state index contributed by atoms with van der Waals surface area (Å²) in [6.07, 6.45) is 1.08. The van der Waals surface area contributed by atoms with Crippen LogP contribution in [-0.4, -0.2) is 20.7 Å². The lowest BCUT2D eigenvalue weighted by molar-refractivity contribution is -0.684. The third-order valence-electron chi connectivity index (χ3n) is 2.22. The highest BCUT2D eigenvalue weighted by atomic mass is 32.2. The van der Waals surface area contributed by atoms with Gasteiger partial charge in [0.25, 0.3) is 11.2 Å². The predicted octanol–water partition coefficient (Wildman–Crippen LogP) is 0.160. The maximum absolute atomic E-state index is 11.7. The molecule has 0 spiro atoms. The molecule has 6 nitrogen and oxygen atoms in total. The second-order valence-electron chi connectivity index (χ2n) is 3.49. The average molecular weight is 240 g/mol. The van der Waals surface area contributed by atoms with Crippen molar-refractivity contribution >= 4 is 28.9 Å². The molecule has 86 valence electrons. The molecule has 0 aliphatic carbocycles. The summed E-state index contributed by atoms with van der Waals surface area (Å²) < 4.78 is 1.81. The van der Waals surface area contributed by atoms with Gasteiger partial charge in [-0.25, -0.2) is 9.55 Å². The van der Waals surface area contributed by atoms with Gasteiger partial charge >= 0.3 is 10.7 Å². The second kappa shape index (κ2) is 4.17. The number of hydrogen-bond acceptors (Lipinski definition) is 4. The Labute approximate surface area is 96.3 Å². The first kappa shape index (κ1) is 11.0. The van der Waals surface area contributed by atoms with E-state index in [-0.39, 0.29) is 11.5 Å². The highest BCUT2D eigenvalue weighted by Gasteiger charge is 2.20. The van der Waals surface area contributed by atoms with E-state index >= 15 is 0 Å². The van der Waals surface area contributed by atoms with Gasteiger partial charge < -0.3 is 5.73 Å². The van der Waals surface area contributed by atoms with Gasteiger partial charge in [-0.15, -0.1) is 0 Å². The van der Waals surface area contributed by atoms with E-state index in [1.165, 1.54) is 0 Å². The van der Waals surface area contributed by atoms with E-state index in [0.29, 0.717) is 11.2 Å². The predicted molar refractivity (Wildman–Crippen MR) is 63.3 cm³/mol. The summed E-state index contributed by atoms with van der Waals surface area (Å²) in [5.74, 6) is 1.13. The first-order chi connectivity index (χ1) is 7.63. The molecule has 16 heavy (non-hydrogen) atoms. The highest BCUT2D eigenvalue weighted by molar-refractivity contribution is 7.99. The number of H-pyrrole nitrogens is 2. The van der Waals surface area contributed by atoms with Crippen LogP contribution in [0.1, 0.15) is 13.3 Å². The third kappa shape index (κ3) is 1.78. The van der Waals surface area contributed by atoms with Crippen molar-refractivity contribution < 1.29 is 4.57 Å². The standard InChI is InChI=1S/C9H13N5OS/c1-3-4-16-9-12-6-5(14(9)2)7(15)13-8(10)11-6/h3-4H2,1-2H3,(H3,10,11,13,15)/p+1. The Hall–Kier alpha value is -1.50. The number of nitrogens with two attached hydrogens (primary N) is 1. The summed E-state index contributed by atoms with van der Waals surface area (Å²) in [7, 11) is 1.84. The van der Waals surface area contributed by atoms with Crippen LogP contribution >= 0.6 is 11.8 Å². The molecule has 2 aromatic heterocycles. The van der Waals surface area contributed by atoms with Gasteiger partial charge in [0.15, 0.2) is 0 Å². The zero-order valence-corrected chi connectivity index (χ0v) is 10.0. The Bertz CT molecular complexity index is 573. The Morgan fingerprint density at radius 3 is 2.94 bits per heavy atom. The molecule has 0 saturated heterocycles. The summed E-state index contributed by atoms with van der Waals surface area (Å²) >= 11 is 1.66. The summed E-state index contributed by atoms with van der Waals surface area (Å²) in [6, 6.07) is 0. The van der Waals surface area contributed by atoms with E-state index in [0.717, 1.165) is 17.3 Å². The molecule has 0 aromatic carbocycles. The monoisotopic (exact) mass is 240 g/mol. The third-order valence-corrected chi connectivity index (χ3v) is 3.48. The van der Waals surface area contributed by atoms with Crippen molar-refractivity contribution in [3.8, 4) is 0 Å². The Balaban J connectivity index is 2.59. The zero-order valence-electron chi connectivity index (χ0n) is 9.20. The quantitative estimate of drug-likeness (QED) is 0.526. The van der Waals surface area contributed by atoms with Crippen molar-refractivity contribution in [2.45, 2.75) is 18.5 Å². The van der Waals surface area contributed by atoms with Crippen LogP contribution in [0.5, 0.6) is 0 Å². The molecule has 2 rings (SSSR count). The largest absolute Gasteiger partial charge is 0.369 e. The number of rotatable bonds is 3. The molecule has 0 amide bonds. The summed E-state index contributed by atoms with van der Waals surface area (Å²) in [4.78, 5) is 21.3. The van der Waals surface area contributed by atoms with Gasteiger partial charge in [0.1, 0.15) is 0 Å². The molecule has 4 N–H and O–H groups in total. The minimum atomic E-state index is -0.218. The van der Waals surface area contributed by atoms with E-state index in [2.05, 4.69) is 21.9 Å². The van der Waals surface area contributed by atoms with Crippen molar-refractivity contribution in [2.24, 2.45) is 7.05 Å². The molecule has 0 atom stereocenters. The number of aromatic nitrogens is 4. The lowest BCUT2D eigenvalue weighted by atomic mass is 10.5. The number of anilines is 1. The van der Waals surface area contributed by atoms with Crippen molar-refractivity contribution in [1.29, 1.82) is 0 Å². The van der Waals surface area contributed by atoms with Crippen molar-refractivity contribution in [3.63, 3.8) is 0 Å². The van der Waals surface area contributed by atoms with Crippen LogP contribution in [0.15, 0.2) is 9.95 Å². The topological polar surface area (TPSA) is 91.4 Å². The minimum absolute atomic E-state index is 0.131. The molecule has 0 aliphatic heterocycles. The number of nitrogens with zero attached hydrogens (tertiary/aromatic N) is 2. The van der Waals surface area contributed by atoms with Crippen LogP contribution in [0.2, 0.25) is 0 Å². The van der Waals surface area contributed by atoms with Crippen molar-refractivity contribution in [1.82, 2.24) is 15.0 Å². The molecule has 0 bridgehead atoms. The lowest BCUT2D eigenvalue weighted by Gasteiger charge is -1.92. The van der Waals surface area contributed by atoms with Crippen LogP contribution < -0.4 is 15.9 Å². The average Bonchev–Trinajstić information content (AvgIpc) is 2.52. The maximum atomic E-state index is 11.7. The van der Waals surface area contributed by atoms with Crippen molar-refractivity contribution in [2.75, 3.05) is 11.5 Å². The Morgan fingerprint density at radius 2 is 2.25 bits per heavy atom. The van der Waals surface area contributed by atoms with E-state index in [4.69, 9.17) is 5.73 Å². The van der Waals surface area contributed by atoms with Gasteiger partial charge in [0, 0.05) is 5.75 Å². The van der Waals surface area contributed by atoms with Gasteiger partial charge in [-0.1, -0.05) is 6.92 Å². The van der Waals surface area contributed by atoms with Gasteiger partial charge in [-0.05, 0) is 18.2 Å². The van der Waals surface area contributed by atoms with E-state index in [1.54, 1.807) is 16.3 Å². The van der Waals surface area contributed by atoms with Gasteiger partial charge in [0.2, 0.25) is 5.95 Å². The fraction of sp³-hybridized carbons (Fsp3) is 0.444. The van der Waals surface area contributed by atoms with Crippen molar-refractivity contribution in [3.05, 3.63) is 10.4 Å². The normalized spacial score (nSPS) is 11.1. The molecule has 0 fully saturated rings. The Kier molecular flexibility index (Phi) is 2.86. The fourth-order valence-corrected chi connectivity index (χ4v) is 2.35. The maximum Gasteiger partial charge on any atom is 0.317 e. The highest BCUT2D eigenvalue weighted by Crippen LogP contribution is 2.14. The number of thioether (sulfide) groups is 1. The summed E-state index contributed by atoms with van der Waals surface area (Å²) in [5, 5.41) is 0.917. The van der Waals surface area contributed by atoms with E-state index in [9.17, 15) is 4.79 Å². The molecular weight excluding hydrogens is 226 g/mol. The molecule has 0 aliphatic rings. The van der Waals surface area contributed by atoms with Gasteiger partial charge in [-0.3, -0.25) is 9.78 Å². The molecule has 0 saturated carbocycles. The first-order valence-electron chi connectivity index (χ1n) is 5.03. The van der Waals surface area contributed by atoms with Crippen LogP contribution in [0, 0.1) is 0 Å². The smallest absolute Gasteiger partial charge is 0.317 e. The molecule has 2 aromatic rings. The first-order valence-corrected chi connectivity index (χ1v) is 6.02. The summed E-state index contributed by atoms with van der Waals surface area (Å²) in [5.41, 5.74) is 6.31. The molecule has 2 heterocycles. The lowest BCUT2D eigenvalue weighted by Crippen LogP contribution is -2.34. The molecule has 7 heteroatoms. The number of hydrogen-bond donors (Lipinski definition) is 3. The van der Waals surface area contributed by atoms with Gasteiger partial charge in [-0.2, -0.15) is 4.98 Å². The summed E-state index contributed by atoms with van der Waals surface area (Å²) in [6.45, 7) is 2.11. The number of fused-ring (bicyclic) bond motifs is 1. The van der Waals surface area contributed by atoms with E-state index in [1.807, 2.05) is 7.05 Å². The number of imidazole rings is 1. The molecular formula is C9H14N5OS+. The SMILES string of the molecule is CCCSc1[nH]c2nc(N)[nH]c(=O)c2[n+]1C.